The number of hydrogen-bond donors (Lipinski definition) is 0. The first kappa shape index (κ1) is 11.8. The molecule has 2 nitrogen and oxygen atoms in total. The molecule has 0 fully saturated rings. The third-order valence-corrected chi connectivity index (χ3v) is 3.06. The molecule has 0 amide bonds. The van der Waals surface area contributed by atoms with Crippen molar-refractivity contribution >= 4 is 11.6 Å². The molecule has 0 saturated carbocycles. The minimum atomic E-state index is 0.157. The SMILES string of the molecule is O=C1C=C(CCC(=O)c2ccccc2)CCC1. The van der Waals surface area contributed by atoms with E-state index < -0.39 is 0 Å². The molecule has 2 rings (SSSR count). The molecule has 1 aliphatic carbocycles. The summed E-state index contributed by atoms with van der Waals surface area (Å²) in [5.74, 6) is 0.364. The summed E-state index contributed by atoms with van der Waals surface area (Å²) < 4.78 is 0. The second-order valence-corrected chi connectivity index (χ2v) is 4.41. The standard InChI is InChI=1S/C15H16O2/c16-14-8-4-5-12(11-14)9-10-15(17)13-6-2-1-3-7-13/h1-3,6-7,11H,4-5,8-10H2. The van der Waals surface area contributed by atoms with Gasteiger partial charge in [-0.2, -0.15) is 0 Å². The van der Waals surface area contributed by atoms with E-state index in [1.165, 1.54) is 0 Å². The molecule has 1 aliphatic rings. The minimum Gasteiger partial charge on any atom is -0.295 e. The van der Waals surface area contributed by atoms with Crippen LogP contribution in [0.5, 0.6) is 0 Å². The molecule has 1 aromatic carbocycles. The summed E-state index contributed by atoms with van der Waals surface area (Å²) >= 11 is 0. The lowest BCUT2D eigenvalue weighted by Crippen LogP contribution is -2.05. The zero-order valence-electron chi connectivity index (χ0n) is 9.82. The first-order valence-electron chi connectivity index (χ1n) is 6.06. The molecular weight excluding hydrogens is 212 g/mol. The Labute approximate surface area is 101 Å². The highest BCUT2D eigenvalue weighted by Crippen LogP contribution is 2.20. The van der Waals surface area contributed by atoms with E-state index >= 15 is 0 Å². The lowest BCUT2D eigenvalue weighted by Gasteiger charge is -2.11. The van der Waals surface area contributed by atoms with Gasteiger partial charge in [-0.1, -0.05) is 35.9 Å². The predicted molar refractivity (Wildman–Crippen MR) is 66.9 cm³/mol. The Bertz CT molecular complexity index is 443. The first-order chi connectivity index (χ1) is 8.25. The minimum absolute atomic E-state index is 0.157. The van der Waals surface area contributed by atoms with Crippen LogP contribution in [0.4, 0.5) is 0 Å². The summed E-state index contributed by atoms with van der Waals surface area (Å²) in [5, 5.41) is 0. The fourth-order valence-corrected chi connectivity index (χ4v) is 2.10. The van der Waals surface area contributed by atoms with Gasteiger partial charge in [0.15, 0.2) is 11.6 Å². The van der Waals surface area contributed by atoms with Crippen LogP contribution in [0.1, 0.15) is 42.5 Å². The molecule has 0 radical (unpaired) electrons. The molecule has 0 bridgehead atoms. The number of allylic oxidation sites excluding steroid dienone is 2. The Kier molecular flexibility index (Phi) is 3.86. The molecule has 17 heavy (non-hydrogen) atoms. The number of hydrogen-bond acceptors (Lipinski definition) is 2. The van der Waals surface area contributed by atoms with Crippen molar-refractivity contribution in [2.75, 3.05) is 0 Å². The van der Waals surface area contributed by atoms with Crippen molar-refractivity contribution in [3.05, 3.63) is 47.5 Å². The first-order valence-corrected chi connectivity index (χ1v) is 6.06. The van der Waals surface area contributed by atoms with Crippen molar-refractivity contribution in [3.63, 3.8) is 0 Å². The summed E-state index contributed by atoms with van der Waals surface area (Å²) in [4.78, 5) is 23.1. The van der Waals surface area contributed by atoms with E-state index in [1.807, 2.05) is 30.3 Å². The van der Waals surface area contributed by atoms with Gasteiger partial charge >= 0.3 is 0 Å². The van der Waals surface area contributed by atoms with E-state index in [4.69, 9.17) is 0 Å². The smallest absolute Gasteiger partial charge is 0.163 e. The summed E-state index contributed by atoms with van der Waals surface area (Å²) in [6.07, 6.45) is 5.51. The van der Waals surface area contributed by atoms with Crippen molar-refractivity contribution in [1.29, 1.82) is 0 Å². The average Bonchev–Trinajstić information content (AvgIpc) is 2.37. The van der Waals surface area contributed by atoms with E-state index in [0.29, 0.717) is 12.8 Å². The Hall–Kier alpha value is -1.70. The molecule has 0 aromatic heterocycles. The molecular formula is C15H16O2. The molecule has 0 saturated heterocycles. The number of benzene rings is 1. The van der Waals surface area contributed by atoms with Gasteiger partial charge in [0.05, 0.1) is 0 Å². The highest BCUT2D eigenvalue weighted by molar-refractivity contribution is 5.96. The number of ketones is 2. The van der Waals surface area contributed by atoms with E-state index in [0.717, 1.165) is 30.4 Å². The molecule has 1 aromatic rings. The summed E-state index contributed by atoms with van der Waals surface area (Å²) in [5.41, 5.74) is 1.89. The van der Waals surface area contributed by atoms with Crippen LogP contribution in [0, 0.1) is 0 Å². The van der Waals surface area contributed by atoms with Crippen molar-refractivity contribution in [1.82, 2.24) is 0 Å². The topological polar surface area (TPSA) is 34.1 Å². The van der Waals surface area contributed by atoms with Crippen LogP contribution in [0.15, 0.2) is 42.0 Å². The fourth-order valence-electron chi connectivity index (χ4n) is 2.10. The van der Waals surface area contributed by atoms with Crippen molar-refractivity contribution < 1.29 is 9.59 Å². The maximum atomic E-state index is 11.9. The Balaban J connectivity index is 1.91. The lowest BCUT2D eigenvalue weighted by molar-refractivity contribution is -0.115. The zero-order chi connectivity index (χ0) is 12.1. The average molecular weight is 228 g/mol. The van der Waals surface area contributed by atoms with Gasteiger partial charge in [-0.05, 0) is 25.3 Å². The second-order valence-electron chi connectivity index (χ2n) is 4.41. The molecule has 0 aliphatic heterocycles. The number of carbonyl (C=O) groups excluding carboxylic acids is 2. The summed E-state index contributed by atoms with van der Waals surface area (Å²) in [6, 6.07) is 9.32. The second kappa shape index (κ2) is 5.58. The molecule has 0 heterocycles. The van der Waals surface area contributed by atoms with Gasteiger partial charge in [-0.25, -0.2) is 0 Å². The quantitative estimate of drug-likeness (QED) is 0.741. The van der Waals surface area contributed by atoms with Crippen molar-refractivity contribution in [3.8, 4) is 0 Å². The fraction of sp³-hybridized carbons (Fsp3) is 0.333. The molecule has 0 N–H and O–H groups in total. The zero-order valence-corrected chi connectivity index (χ0v) is 9.82. The third-order valence-electron chi connectivity index (χ3n) is 3.06. The van der Waals surface area contributed by atoms with E-state index in [1.54, 1.807) is 6.08 Å². The number of Topliss-reactive ketones (excluding diaryl/α,β-unsaturated/α-hetero) is 1. The van der Waals surface area contributed by atoms with E-state index in [9.17, 15) is 9.59 Å². The largest absolute Gasteiger partial charge is 0.295 e. The molecule has 0 unspecified atom stereocenters. The van der Waals surface area contributed by atoms with Gasteiger partial charge in [-0.3, -0.25) is 9.59 Å². The maximum absolute atomic E-state index is 11.9. The van der Waals surface area contributed by atoms with Crippen LogP contribution in [-0.4, -0.2) is 11.6 Å². The maximum Gasteiger partial charge on any atom is 0.163 e. The van der Waals surface area contributed by atoms with Crippen LogP contribution >= 0.6 is 0 Å². The highest BCUT2D eigenvalue weighted by Gasteiger charge is 2.12. The normalized spacial score (nSPS) is 15.5. The molecule has 2 heteroatoms. The molecule has 88 valence electrons. The predicted octanol–water partition coefficient (Wildman–Crippen LogP) is 3.33. The van der Waals surface area contributed by atoms with Gasteiger partial charge in [-0.15, -0.1) is 0 Å². The third kappa shape index (κ3) is 3.38. The summed E-state index contributed by atoms with van der Waals surface area (Å²) in [7, 11) is 0. The van der Waals surface area contributed by atoms with E-state index in [2.05, 4.69) is 0 Å². The number of carbonyl (C=O) groups is 2. The van der Waals surface area contributed by atoms with Gasteiger partial charge < -0.3 is 0 Å². The monoisotopic (exact) mass is 228 g/mol. The molecule has 0 spiro atoms. The Morgan fingerprint density at radius 1 is 1.12 bits per heavy atom. The Morgan fingerprint density at radius 2 is 1.88 bits per heavy atom. The lowest BCUT2D eigenvalue weighted by atomic mass is 9.93. The van der Waals surface area contributed by atoms with Crippen LogP contribution < -0.4 is 0 Å². The van der Waals surface area contributed by atoms with Crippen LogP contribution in [0.25, 0.3) is 0 Å². The molecule has 0 atom stereocenters. The number of rotatable bonds is 4. The summed E-state index contributed by atoms with van der Waals surface area (Å²) in [6.45, 7) is 0. The Morgan fingerprint density at radius 3 is 2.59 bits per heavy atom. The van der Waals surface area contributed by atoms with Crippen LogP contribution in [0.2, 0.25) is 0 Å². The van der Waals surface area contributed by atoms with Gasteiger partial charge in [0.2, 0.25) is 0 Å². The van der Waals surface area contributed by atoms with Crippen LogP contribution in [-0.2, 0) is 4.79 Å². The highest BCUT2D eigenvalue weighted by atomic mass is 16.1. The van der Waals surface area contributed by atoms with Gasteiger partial charge in [0.25, 0.3) is 0 Å². The van der Waals surface area contributed by atoms with Crippen molar-refractivity contribution in [2.24, 2.45) is 0 Å². The van der Waals surface area contributed by atoms with E-state index in [-0.39, 0.29) is 11.6 Å². The van der Waals surface area contributed by atoms with Gasteiger partial charge in [0.1, 0.15) is 0 Å². The van der Waals surface area contributed by atoms with Crippen molar-refractivity contribution in [2.45, 2.75) is 32.1 Å². The van der Waals surface area contributed by atoms with Crippen LogP contribution in [0.3, 0.4) is 0 Å². The van der Waals surface area contributed by atoms with Gasteiger partial charge in [0, 0.05) is 18.4 Å².